The molecule has 1 aromatic heterocycles. The zero-order valence-electron chi connectivity index (χ0n) is 12.3. The number of rotatable bonds is 6. The molecule has 1 aromatic rings. The molecule has 5 heteroatoms. The molecule has 1 N–H and O–H groups in total. The summed E-state index contributed by atoms with van der Waals surface area (Å²) >= 11 is 0. The van der Waals surface area contributed by atoms with Crippen LogP contribution >= 0.6 is 0 Å². The second kappa shape index (κ2) is 7.03. The highest BCUT2D eigenvalue weighted by molar-refractivity contribution is 4.93. The average Bonchev–Trinajstić information content (AvgIpc) is 2.80. The summed E-state index contributed by atoms with van der Waals surface area (Å²) in [6.45, 7) is 6.02. The van der Waals surface area contributed by atoms with E-state index in [9.17, 15) is 0 Å². The van der Waals surface area contributed by atoms with Crippen molar-refractivity contribution in [3.63, 3.8) is 0 Å². The molecule has 0 amide bonds. The Bertz CT molecular complexity index is 379. The molecule has 1 aliphatic rings. The van der Waals surface area contributed by atoms with Gasteiger partial charge in [-0.1, -0.05) is 6.92 Å². The maximum Gasteiger partial charge on any atom is 0.108 e. The van der Waals surface area contributed by atoms with E-state index in [1.54, 1.807) is 0 Å². The minimum absolute atomic E-state index is 0.291. The lowest BCUT2D eigenvalue weighted by molar-refractivity contribution is -0.0396. The molecule has 1 aliphatic heterocycles. The van der Waals surface area contributed by atoms with Crippen LogP contribution in [-0.2, 0) is 18.2 Å². The molecule has 1 fully saturated rings. The van der Waals surface area contributed by atoms with Gasteiger partial charge in [0.05, 0.1) is 12.7 Å². The summed E-state index contributed by atoms with van der Waals surface area (Å²) < 4.78 is 8.03. The van der Waals surface area contributed by atoms with Crippen LogP contribution in [0.3, 0.4) is 0 Å². The number of hydrogen-bond acceptors (Lipinski definition) is 4. The van der Waals surface area contributed by atoms with Gasteiger partial charge >= 0.3 is 0 Å². The van der Waals surface area contributed by atoms with Gasteiger partial charge < -0.3 is 19.5 Å². The van der Waals surface area contributed by atoms with Crippen LogP contribution in [0.1, 0.15) is 19.2 Å². The van der Waals surface area contributed by atoms with E-state index in [1.165, 1.54) is 0 Å². The summed E-state index contributed by atoms with van der Waals surface area (Å²) in [5, 5.41) is 3.57. The first-order chi connectivity index (χ1) is 9.20. The number of imidazole rings is 1. The average molecular weight is 266 g/mol. The standard InChI is InChI=1S/C14H26N4O/c1-4-15-12(13-11-17(2)9-10-19-13)5-6-14-16-7-8-18(14)3/h7-8,12-13,15H,4-6,9-11H2,1-3H3. The van der Waals surface area contributed by atoms with Gasteiger partial charge in [-0.3, -0.25) is 0 Å². The van der Waals surface area contributed by atoms with E-state index >= 15 is 0 Å². The molecule has 0 spiro atoms. The number of ether oxygens (including phenoxy) is 1. The topological polar surface area (TPSA) is 42.3 Å². The Kier molecular flexibility index (Phi) is 5.36. The zero-order chi connectivity index (χ0) is 13.7. The first-order valence-corrected chi connectivity index (χ1v) is 7.20. The Hall–Kier alpha value is -0.910. The predicted molar refractivity (Wildman–Crippen MR) is 76.2 cm³/mol. The van der Waals surface area contributed by atoms with E-state index in [-0.39, 0.29) is 0 Å². The van der Waals surface area contributed by atoms with Crippen molar-refractivity contribution < 1.29 is 4.74 Å². The van der Waals surface area contributed by atoms with E-state index in [1.807, 2.05) is 12.4 Å². The van der Waals surface area contributed by atoms with E-state index in [2.05, 4.69) is 40.8 Å². The van der Waals surface area contributed by atoms with Crippen molar-refractivity contribution in [3.8, 4) is 0 Å². The van der Waals surface area contributed by atoms with Gasteiger partial charge in [-0.25, -0.2) is 4.98 Å². The monoisotopic (exact) mass is 266 g/mol. The second-order valence-corrected chi connectivity index (χ2v) is 5.33. The lowest BCUT2D eigenvalue weighted by Gasteiger charge is -2.35. The van der Waals surface area contributed by atoms with E-state index in [4.69, 9.17) is 4.74 Å². The number of nitrogens with zero attached hydrogens (tertiary/aromatic N) is 3. The van der Waals surface area contributed by atoms with E-state index in [0.717, 1.165) is 44.9 Å². The fraction of sp³-hybridized carbons (Fsp3) is 0.786. The number of likely N-dealkylation sites (N-methyl/N-ethyl adjacent to an activating group) is 2. The molecule has 2 unspecified atom stereocenters. The predicted octanol–water partition coefficient (Wildman–Crippen LogP) is 0.661. The fourth-order valence-corrected chi connectivity index (χ4v) is 2.66. The number of hydrogen-bond donors (Lipinski definition) is 1. The number of nitrogens with one attached hydrogen (secondary N) is 1. The summed E-state index contributed by atoms with van der Waals surface area (Å²) in [6.07, 6.45) is 6.21. The lowest BCUT2D eigenvalue weighted by atomic mass is 10.0. The van der Waals surface area contributed by atoms with Crippen LogP contribution in [0.25, 0.3) is 0 Å². The van der Waals surface area contributed by atoms with Crippen molar-refractivity contribution in [1.29, 1.82) is 0 Å². The van der Waals surface area contributed by atoms with Gasteiger partial charge in [-0.15, -0.1) is 0 Å². The third-order valence-electron chi connectivity index (χ3n) is 3.81. The van der Waals surface area contributed by atoms with Gasteiger partial charge in [-0.05, 0) is 20.0 Å². The molecule has 2 atom stereocenters. The van der Waals surface area contributed by atoms with Gasteiger partial charge in [0.1, 0.15) is 5.82 Å². The van der Waals surface area contributed by atoms with Gasteiger partial charge in [0.2, 0.25) is 0 Å². The normalized spacial score (nSPS) is 22.6. The Labute approximate surface area is 116 Å². The summed E-state index contributed by atoms with van der Waals surface area (Å²) in [5.41, 5.74) is 0. The molecule has 2 heterocycles. The lowest BCUT2D eigenvalue weighted by Crippen LogP contribution is -2.51. The first-order valence-electron chi connectivity index (χ1n) is 7.20. The fourth-order valence-electron chi connectivity index (χ4n) is 2.66. The molecular formula is C14H26N4O. The molecule has 19 heavy (non-hydrogen) atoms. The van der Waals surface area contributed by atoms with Crippen LogP contribution in [0.2, 0.25) is 0 Å². The minimum Gasteiger partial charge on any atom is -0.374 e. The van der Waals surface area contributed by atoms with Crippen molar-refractivity contribution in [1.82, 2.24) is 19.8 Å². The van der Waals surface area contributed by atoms with Crippen LogP contribution in [0.15, 0.2) is 12.4 Å². The van der Waals surface area contributed by atoms with Crippen LogP contribution in [0.4, 0.5) is 0 Å². The van der Waals surface area contributed by atoms with E-state index in [0.29, 0.717) is 12.1 Å². The van der Waals surface area contributed by atoms with Crippen molar-refractivity contribution in [2.24, 2.45) is 7.05 Å². The molecule has 0 radical (unpaired) electrons. The van der Waals surface area contributed by atoms with Gasteiger partial charge in [-0.2, -0.15) is 0 Å². The van der Waals surface area contributed by atoms with Crippen molar-refractivity contribution in [3.05, 3.63) is 18.2 Å². The SMILES string of the molecule is CCNC(CCc1nccn1C)C1CN(C)CCO1. The second-order valence-electron chi connectivity index (χ2n) is 5.33. The van der Waals surface area contributed by atoms with Crippen LogP contribution in [-0.4, -0.2) is 59.9 Å². The highest BCUT2D eigenvalue weighted by Gasteiger charge is 2.26. The highest BCUT2D eigenvalue weighted by Crippen LogP contribution is 2.12. The minimum atomic E-state index is 0.291. The first kappa shape index (κ1) is 14.5. The molecule has 1 saturated heterocycles. The van der Waals surface area contributed by atoms with Gasteiger partial charge in [0.25, 0.3) is 0 Å². The maximum absolute atomic E-state index is 5.93. The molecular weight excluding hydrogens is 240 g/mol. The summed E-state index contributed by atoms with van der Waals surface area (Å²) in [7, 11) is 4.22. The summed E-state index contributed by atoms with van der Waals surface area (Å²) in [5.74, 6) is 1.15. The molecule has 0 aliphatic carbocycles. The van der Waals surface area contributed by atoms with Gasteiger partial charge in [0.15, 0.2) is 0 Å². The Morgan fingerprint density at radius 2 is 2.37 bits per heavy atom. The van der Waals surface area contributed by atoms with Crippen LogP contribution < -0.4 is 5.32 Å². The van der Waals surface area contributed by atoms with Crippen LogP contribution in [0.5, 0.6) is 0 Å². The van der Waals surface area contributed by atoms with Crippen molar-refractivity contribution in [2.45, 2.75) is 31.9 Å². The van der Waals surface area contributed by atoms with Crippen LogP contribution in [0, 0.1) is 0 Å². The Balaban J connectivity index is 1.90. The smallest absolute Gasteiger partial charge is 0.108 e. The highest BCUT2D eigenvalue weighted by atomic mass is 16.5. The number of aromatic nitrogens is 2. The largest absolute Gasteiger partial charge is 0.374 e. The van der Waals surface area contributed by atoms with Gasteiger partial charge in [0, 0.05) is 45.0 Å². The third kappa shape index (κ3) is 4.03. The third-order valence-corrected chi connectivity index (χ3v) is 3.81. The molecule has 0 bridgehead atoms. The molecule has 108 valence electrons. The molecule has 0 aromatic carbocycles. The molecule has 5 nitrogen and oxygen atoms in total. The molecule has 0 saturated carbocycles. The maximum atomic E-state index is 5.93. The quantitative estimate of drug-likeness (QED) is 0.821. The molecule has 2 rings (SSSR count). The Morgan fingerprint density at radius 3 is 3.00 bits per heavy atom. The van der Waals surface area contributed by atoms with E-state index < -0.39 is 0 Å². The van der Waals surface area contributed by atoms with Crippen molar-refractivity contribution in [2.75, 3.05) is 33.3 Å². The summed E-state index contributed by atoms with van der Waals surface area (Å²) in [6, 6.07) is 0.407. The summed E-state index contributed by atoms with van der Waals surface area (Å²) in [4.78, 5) is 6.74. The number of morpholine rings is 1. The Morgan fingerprint density at radius 1 is 1.53 bits per heavy atom. The number of aryl methyl sites for hydroxylation is 2. The van der Waals surface area contributed by atoms with Crippen molar-refractivity contribution >= 4 is 0 Å². The zero-order valence-corrected chi connectivity index (χ0v) is 12.3.